The van der Waals surface area contributed by atoms with E-state index in [9.17, 15) is 14.4 Å². The molecule has 0 N–H and O–H groups in total. The number of hydrogen-bond acceptors (Lipinski definition) is 6. The molecule has 0 aliphatic carbocycles. The largest absolute Gasteiger partial charge is 0.519 e. The molecule has 7 heteroatoms. The monoisotopic (exact) mass is 414 g/mol. The average Bonchev–Trinajstić information content (AvgIpc) is 2.65. The molecule has 0 unspecified atom stereocenters. The van der Waals surface area contributed by atoms with E-state index in [0.717, 1.165) is 56.0 Å². The summed E-state index contributed by atoms with van der Waals surface area (Å²) in [5.74, 6) is -1.26. The molecule has 0 radical (unpaired) electrons. The zero-order valence-electron chi connectivity index (χ0n) is 18.1. The topological polar surface area (TPSA) is 78.9 Å². The lowest BCUT2D eigenvalue weighted by molar-refractivity contribution is -0.140. The molecule has 0 heterocycles. The van der Waals surface area contributed by atoms with Gasteiger partial charge in [-0.25, -0.2) is 9.59 Å². The lowest BCUT2D eigenvalue weighted by Crippen LogP contribution is -2.40. The number of unbranched alkanes of at least 4 members (excludes halogenated alkanes) is 1. The van der Waals surface area contributed by atoms with Crippen LogP contribution < -0.4 is 0 Å². The SMILES string of the molecule is CCCOC(=O)C=CC(=O)OCCCCC(=O)O[Si](CCC)(CCC)CCC. The second-order valence-electron chi connectivity index (χ2n) is 7.03. The Morgan fingerprint density at radius 1 is 0.714 bits per heavy atom. The normalized spacial score (nSPS) is 11.4. The van der Waals surface area contributed by atoms with Crippen molar-refractivity contribution in [1.29, 1.82) is 0 Å². The van der Waals surface area contributed by atoms with E-state index in [2.05, 4.69) is 20.8 Å². The zero-order chi connectivity index (χ0) is 21.3. The Bertz CT molecular complexity index is 472. The third-order valence-corrected chi connectivity index (χ3v) is 9.17. The van der Waals surface area contributed by atoms with Crippen molar-refractivity contribution in [2.45, 2.75) is 90.8 Å². The first kappa shape index (κ1) is 26.4. The molecule has 28 heavy (non-hydrogen) atoms. The molecular weight excluding hydrogens is 376 g/mol. The van der Waals surface area contributed by atoms with Gasteiger partial charge in [0.2, 0.25) is 0 Å². The maximum Gasteiger partial charge on any atom is 0.331 e. The standard InChI is InChI=1S/C21H38O6Si/c1-5-14-25-19(22)12-13-20(23)26-15-10-9-11-21(24)27-28(16-6-2,17-7-3)18-8-4/h12-13H,5-11,14-18H2,1-4H3. The van der Waals surface area contributed by atoms with Crippen LogP contribution in [0.5, 0.6) is 0 Å². The Morgan fingerprint density at radius 2 is 1.21 bits per heavy atom. The van der Waals surface area contributed by atoms with Crippen LogP contribution in [0, 0.1) is 0 Å². The average molecular weight is 415 g/mol. The van der Waals surface area contributed by atoms with Crippen molar-refractivity contribution in [2.24, 2.45) is 0 Å². The Hall–Kier alpha value is -1.63. The molecule has 162 valence electrons. The van der Waals surface area contributed by atoms with Gasteiger partial charge >= 0.3 is 11.9 Å². The molecule has 0 saturated heterocycles. The maximum atomic E-state index is 12.3. The minimum absolute atomic E-state index is 0.119. The summed E-state index contributed by atoms with van der Waals surface area (Å²) >= 11 is 0. The molecule has 0 amide bonds. The fourth-order valence-electron chi connectivity index (χ4n) is 3.17. The van der Waals surface area contributed by atoms with Crippen molar-refractivity contribution in [3.05, 3.63) is 12.2 Å². The van der Waals surface area contributed by atoms with Gasteiger partial charge in [-0.3, -0.25) is 4.79 Å². The Labute approximate surface area is 171 Å². The summed E-state index contributed by atoms with van der Waals surface area (Å²) in [6, 6.07) is 3.10. The summed E-state index contributed by atoms with van der Waals surface area (Å²) in [5.41, 5.74) is 0. The van der Waals surface area contributed by atoms with Gasteiger partial charge in [-0.2, -0.15) is 0 Å². The van der Waals surface area contributed by atoms with Gasteiger partial charge in [-0.15, -0.1) is 0 Å². The molecule has 0 atom stereocenters. The van der Waals surface area contributed by atoms with Crippen molar-refractivity contribution < 1.29 is 28.3 Å². The smallest absolute Gasteiger partial charge is 0.331 e. The molecule has 0 aromatic rings. The Balaban J connectivity index is 4.15. The summed E-state index contributed by atoms with van der Waals surface area (Å²) in [4.78, 5) is 35.1. The Kier molecular flexibility index (Phi) is 15.4. The van der Waals surface area contributed by atoms with E-state index in [1.165, 1.54) is 0 Å². The summed E-state index contributed by atoms with van der Waals surface area (Å²) < 4.78 is 15.9. The highest BCUT2D eigenvalue weighted by molar-refractivity contribution is 6.75. The molecule has 0 aliphatic rings. The van der Waals surface area contributed by atoms with Crippen LogP contribution in [0.25, 0.3) is 0 Å². The summed E-state index contributed by atoms with van der Waals surface area (Å²) in [5, 5.41) is 0. The van der Waals surface area contributed by atoms with Gasteiger partial charge in [-0.05, 0) is 37.4 Å². The van der Waals surface area contributed by atoms with Gasteiger partial charge in [0.25, 0.3) is 14.3 Å². The summed E-state index contributed by atoms with van der Waals surface area (Å²) in [6.07, 6.45) is 7.55. The number of hydrogen-bond donors (Lipinski definition) is 0. The van der Waals surface area contributed by atoms with E-state index in [4.69, 9.17) is 13.9 Å². The fourth-order valence-corrected chi connectivity index (χ4v) is 7.54. The van der Waals surface area contributed by atoms with Crippen molar-refractivity contribution in [1.82, 2.24) is 0 Å². The predicted molar refractivity (Wildman–Crippen MR) is 112 cm³/mol. The van der Waals surface area contributed by atoms with Crippen LogP contribution in [0.1, 0.15) is 72.6 Å². The van der Waals surface area contributed by atoms with Gasteiger partial charge < -0.3 is 13.9 Å². The molecule has 0 rings (SSSR count). The second kappa shape index (κ2) is 16.3. The maximum absolute atomic E-state index is 12.3. The lowest BCUT2D eigenvalue weighted by atomic mass is 10.2. The highest BCUT2D eigenvalue weighted by Crippen LogP contribution is 2.28. The molecule has 0 fully saturated rings. The predicted octanol–water partition coefficient (Wildman–Crippen LogP) is 4.93. The molecular formula is C21H38O6Si. The minimum Gasteiger partial charge on any atom is -0.519 e. The minimum atomic E-state index is -1.96. The number of carbonyl (C=O) groups excluding carboxylic acids is 3. The number of rotatable bonds is 16. The van der Waals surface area contributed by atoms with Gasteiger partial charge in [0, 0.05) is 18.6 Å². The van der Waals surface area contributed by atoms with Crippen molar-refractivity contribution in [3.63, 3.8) is 0 Å². The molecule has 6 nitrogen and oxygen atoms in total. The first-order chi connectivity index (χ1) is 13.4. The molecule has 0 aliphatic heterocycles. The van der Waals surface area contributed by atoms with Crippen molar-refractivity contribution in [3.8, 4) is 0 Å². The first-order valence-electron chi connectivity index (χ1n) is 10.7. The third-order valence-electron chi connectivity index (χ3n) is 4.27. The first-order valence-corrected chi connectivity index (χ1v) is 13.2. The van der Waals surface area contributed by atoms with E-state index < -0.39 is 20.3 Å². The number of ether oxygens (including phenoxy) is 2. The van der Waals surface area contributed by atoms with Crippen LogP contribution in [0.15, 0.2) is 12.2 Å². The number of esters is 2. The van der Waals surface area contributed by atoms with Crippen molar-refractivity contribution in [2.75, 3.05) is 13.2 Å². The second-order valence-corrected chi connectivity index (χ2v) is 11.1. The molecule has 0 aromatic heterocycles. The van der Waals surface area contributed by atoms with E-state index in [1.54, 1.807) is 0 Å². The van der Waals surface area contributed by atoms with Crippen molar-refractivity contribution >= 4 is 26.2 Å². The summed E-state index contributed by atoms with van der Waals surface area (Å²) in [6.45, 7) is 8.86. The van der Waals surface area contributed by atoms with E-state index in [0.29, 0.717) is 25.9 Å². The van der Waals surface area contributed by atoms with Crippen LogP contribution in [0.2, 0.25) is 18.1 Å². The van der Waals surface area contributed by atoms with Gasteiger partial charge in [0.05, 0.1) is 13.2 Å². The van der Waals surface area contributed by atoms with E-state index in [-0.39, 0.29) is 12.6 Å². The fraction of sp³-hybridized carbons (Fsp3) is 0.762. The van der Waals surface area contributed by atoms with Gasteiger partial charge in [0.15, 0.2) is 0 Å². The Morgan fingerprint density at radius 3 is 1.68 bits per heavy atom. The van der Waals surface area contributed by atoms with E-state index >= 15 is 0 Å². The molecule has 0 aromatic carbocycles. The zero-order valence-corrected chi connectivity index (χ0v) is 19.1. The summed E-state index contributed by atoms with van der Waals surface area (Å²) in [7, 11) is -1.96. The molecule has 0 bridgehead atoms. The quantitative estimate of drug-likeness (QED) is 0.154. The van der Waals surface area contributed by atoms with Gasteiger partial charge in [-0.1, -0.05) is 47.0 Å². The van der Waals surface area contributed by atoms with Crippen LogP contribution in [0.4, 0.5) is 0 Å². The third kappa shape index (κ3) is 12.7. The van der Waals surface area contributed by atoms with Crippen LogP contribution >= 0.6 is 0 Å². The van der Waals surface area contributed by atoms with Crippen LogP contribution in [0.3, 0.4) is 0 Å². The highest BCUT2D eigenvalue weighted by atomic mass is 28.4. The highest BCUT2D eigenvalue weighted by Gasteiger charge is 2.35. The van der Waals surface area contributed by atoms with Gasteiger partial charge in [0.1, 0.15) is 0 Å². The van der Waals surface area contributed by atoms with Crippen LogP contribution in [-0.2, 0) is 28.3 Å². The number of carbonyl (C=O) groups is 3. The molecule has 0 spiro atoms. The molecule has 0 saturated carbocycles. The van der Waals surface area contributed by atoms with E-state index in [1.807, 2.05) is 6.92 Å². The lowest BCUT2D eigenvalue weighted by Gasteiger charge is -2.30. The van der Waals surface area contributed by atoms with Crippen LogP contribution in [-0.4, -0.2) is 39.4 Å².